The number of aliphatic hydroxyl groups excluding tert-OH is 1. The third-order valence-electron chi connectivity index (χ3n) is 1.28. The first-order valence-electron chi connectivity index (χ1n) is 4.00. The fourth-order valence-corrected chi connectivity index (χ4v) is 0.726. The molecule has 0 aromatic heterocycles. The Morgan fingerprint density at radius 2 is 1.73 bits per heavy atom. The molecule has 0 unspecified atom stereocenters. The predicted octanol–water partition coefficient (Wildman–Crippen LogP) is 1.33. The zero-order valence-corrected chi connectivity index (χ0v) is 7.25. The van der Waals surface area contributed by atoms with E-state index in [1.165, 1.54) is 6.42 Å². The largest absolute Gasteiger partial charge is 0.400 e. The molecule has 0 aliphatic rings. The van der Waals surface area contributed by atoms with Gasteiger partial charge in [0.25, 0.3) is 0 Å². The predicted molar refractivity (Wildman–Crippen MR) is 47.9 cm³/mol. The highest BCUT2D eigenvalue weighted by molar-refractivity contribution is 6.08. The fourth-order valence-electron chi connectivity index (χ4n) is 0.726. The molecule has 3 heteroatoms. The Bertz CT molecular complexity index is 67.1. The van der Waals surface area contributed by atoms with Crippen LogP contribution in [0.2, 0.25) is 6.32 Å². The Hall–Kier alpha value is -0.305. The standard InChI is InChI=1S/C7H13BO.CH4O/c8-6-4-2-1-3-5-7-9;1-2/h7H,1-6H2;2H,1H3. The van der Waals surface area contributed by atoms with Crippen LogP contribution in [0.25, 0.3) is 0 Å². The first kappa shape index (κ1) is 13.3. The number of unbranched alkanes of at least 4 members (excludes halogenated alkanes) is 4. The Labute approximate surface area is 70.4 Å². The Kier molecular flexibility index (Phi) is 19.8. The van der Waals surface area contributed by atoms with Gasteiger partial charge in [-0.25, -0.2) is 0 Å². The highest BCUT2D eigenvalue weighted by atomic mass is 16.2. The molecule has 2 radical (unpaired) electrons. The summed E-state index contributed by atoms with van der Waals surface area (Å²) in [5, 5.41) is 7.00. The van der Waals surface area contributed by atoms with E-state index in [1.54, 1.807) is 0 Å². The first-order chi connectivity index (χ1) is 5.41. The van der Waals surface area contributed by atoms with E-state index in [2.05, 4.69) is 0 Å². The van der Waals surface area contributed by atoms with Crippen LogP contribution in [0, 0.1) is 0 Å². The van der Waals surface area contributed by atoms with Crippen LogP contribution in [0.1, 0.15) is 32.1 Å². The maximum Gasteiger partial charge on any atom is 0.119 e. The van der Waals surface area contributed by atoms with Gasteiger partial charge in [-0.15, -0.1) is 0 Å². The van der Waals surface area contributed by atoms with Gasteiger partial charge in [-0.3, -0.25) is 0 Å². The molecule has 0 saturated carbocycles. The summed E-state index contributed by atoms with van der Waals surface area (Å²) in [5.74, 6) is 0. The van der Waals surface area contributed by atoms with Gasteiger partial charge in [-0.05, 0) is 6.42 Å². The summed E-state index contributed by atoms with van der Waals surface area (Å²) in [4.78, 5) is 9.81. The van der Waals surface area contributed by atoms with Crippen molar-refractivity contribution in [3.8, 4) is 0 Å². The molecule has 0 aromatic carbocycles. The SMILES string of the molecule is CO.[B]CCCCCCC=O. The Balaban J connectivity index is 0. The first-order valence-corrected chi connectivity index (χ1v) is 4.00. The van der Waals surface area contributed by atoms with Gasteiger partial charge in [-0.1, -0.05) is 25.6 Å². The van der Waals surface area contributed by atoms with Gasteiger partial charge < -0.3 is 9.90 Å². The van der Waals surface area contributed by atoms with Gasteiger partial charge in [0, 0.05) is 13.5 Å². The lowest BCUT2D eigenvalue weighted by atomic mass is 9.99. The molecule has 0 rings (SSSR count). The third-order valence-corrected chi connectivity index (χ3v) is 1.28. The Morgan fingerprint density at radius 3 is 2.18 bits per heavy atom. The topological polar surface area (TPSA) is 37.3 Å². The summed E-state index contributed by atoms with van der Waals surface area (Å²) in [5.41, 5.74) is 0. The molecular formula is C8H17BO2. The van der Waals surface area contributed by atoms with Crippen molar-refractivity contribution in [3.63, 3.8) is 0 Å². The van der Waals surface area contributed by atoms with Crippen molar-refractivity contribution in [1.29, 1.82) is 0 Å². The lowest BCUT2D eigenvalue weighted by molar-refractivity contribution is -0.107. The van der Waals surface area contributed by atoms with Gasteiger partial charge in [0.1, 0.15) is 6.29 Å². The molecule has 0 aliphatic heterocycles. The van der Waals surface area contributed by atoms with E-state index in [9.17, 15) is 4.79 Å². The van der Waals surface area contributed by atoms with E-state index in [0.717, 1.165) is 39.0 Å². The summed E-state index contributed by atoms with van der Waals surface area (Å²) >= 11 is 0. The number of hydrogen-bond acceptors (Lipinski definition) is 2. The molecule has 11 heavy (non-hydrogen) atoms. The van der Waals surface area contributed by atoms with Crippen molar-refractivity contribution >= 4 is 14.1 Å². The molecule has 1 N–H and O–H groups in total. The van der Waals surface area contributed by atoms with Crippen LogP contribution in [-0.4, -0.2) is 26.3 Å². The van der Waals surface area contributed by atoms with E-state index >= 15 is 0 Å². The maximum absolute atomic E-state index is 9.81. The fraction of sp³-hybridized carbons (Fsp3) is 0.875. The monoisotopic (exact) mass is 156 g/mol. The molecule has 0 aliphatic carbocycles. The van der Waals surface area contributed by atoms with Crippen molar-refractivity contribution in [2.45, 2.75) is 38.4 Å². The van der Waals surface area contributed by atoms with Gasteiger partial charge in [-0.2, -0.15) is 0 Å². The Morgan fingerprint density at radius 1 is 1.18 bits per heavy atom. The molecule has 2 nitrogen and oxygen atoms in total. The molecular weight excluding hydrogens is 139 g/mol. The van der Waals surface area contributed by atoms with E-state index in [-0.39, 0.29) is 0 Å². The van der Waals surface area contributed by atoms with Crippen LogP contribution in [0.3, 0.4) is 0 Å². The normalized spacial score (nSPS) is 8.18. The molecule has 0 fully saturated rings. The second-order valence-corrected chi connectivity index (χ2v) is 2.16. The number of carbonyl (C=O) groups is 1. The molecule has 0 amide bonds. The minimum Gasteiger partial charge on any atom is -0.400 e. The minimum absolute atomic E-state index is 0.713. The average Bonchev–Trinajstić information content (AvgIpc) is 2.08. The zero-order valence-electron chi connectivity index (χ0n) is 7.25. The highest BCUT2D eigenvalue weighted by Crippen LogP contribution is 2.02. The molecule has 0 atom stereocenters. The summed E-state index contributed by atoms with van der Waals surface area (Å²) < 4.78 is 0. The number of rotatable bonds is 6. The van der Waals surface area contributed by atoms with Crippen LogP contribution in [0.5, 0.6) is 0 Å². The van der Waals surface area contributed by atoms with Crippen LogP contribution in [-0.2, 0) is 4.79 Å². The van der Waals surface area contributed by atoms with Crippen molar-refractivity contribution in [2.75, 3.05) is 7.11 Å². The van der Waals surface area contributed by atoms with Crippen LogP contribution < -0.4 is 0 Å². The van der Waals surface area contributed by atoms with Gasteiger partial charge in [0.15, 0.2) is 0 Å². The van der Waals surface area contributed by atoms with E-state index in [4.69, 9.17) is 13.0 Å². The smallest absolute Gasteiger partial charge is 0.119 e. The number of carbonyl (C=O) groups excluding carboxylic acids is 1. The van der Waals surface area contributed by atoms with Crippen molar-refractivity contribution < 1.29 is 9.90 Å². The van der Waals surface area contributed by atoms with E-state index < -0.39 is 0 Å². The van der Waals surface area contributed by atoms with Gasteiger partial charge in [0.2, 0.25) is 0 Å². The molecule has 0 saturated heterocycles. The van der Waals surface area contributed by atoms with Gasteiger partial charge in [0.05, 0.1) is 7.85 Å². The zero-order chi connectivity index (χ0) is 8.95. The highest BCUT2D eigenvalue weighted by Gasteiger charge is 1.85. The summed E-state index contributed by atoms with van der Waals surface area (Å²) in [6, 6.07) is 0. The number of aldehydes is 1. The van der Waals surface area contributed by atoms with Gasteiger partial charge >= 0.3 is 0 Å². The summed E-state index contributed by atoms with van der Waals surface area (Å²) in [6.45, 7) is 0. The second-order valence-electron chi connectivity index (χ2n) is 2.16. The van der Waals surface area contributed by atoms with Crippen molar-refractivity contribution in [2.24, 2.45) is 0 Å². The summed E-state index contributed by atoms with van der Waals surface area (Å²) in [6.07, 6.45) is 6.91. The number of hydrogen-bond donors (Lipinski definition) is 1. The lowest BCUT2D eigenvalue weighted by Crippen LogP contribution is -1.78. The van der Waals surface area contributed by atoms with E-state index in [1.807, 2.05) is 0 Å². The molecule has 0 spiro atoms. The van der Waals surface area contributed by atoms with Crippen LogP contribution in [0.4, 0.5) is 0 Å². The maximum atomic E-state index is 9.81. The third kappa shape index (κ3) is 17.7. The quantitative estimate of drug-likeness (QED) is 0.357. The lowest BCUT2D eigenvalue weighted by Gasteiger charge is -1.93. The number of aliphatic hydroxyl groups is 1. The average molecular weight is 156 g/mol. The van der Waals surface area contributed by atoms with Crippen LogP contribution in [0.15, 0.2) is 0 Å². The van der Waals surface area contributed by atoms with Crippen molar-refractivity contribution in [3.05, 3.63) is 0 Å². The molecule has 0 heterocycles. The molecule has 0 aromatic rings. The van der Waals surface area contributed by atoms with Crippen LogP contribution >= 0.6 is 0 Å². The second kappa shape index (κ2) is 16.4. The summed E-state index contributed by atoms with van der Waals surface area (Å²) in [7, 11) is 6.27. The molecule has 0 bridgehead atoms. The van der Waals surface area contributed by atoms with Crippen molar-refractivity contribution in [1.82, 2.24) is 0 Å². The van der Waals surface area contributed by atoms with E-state index in [0.29, 0.717) is 6.42 Å². The molecule has 64 valence electrons. The minimum atomic E-state index is 0.713.